The molecular formula is C22H28N2O7. The van der Waals surface area contributed by atoms with E-state index < -0.39 is 40.4 Å². The van der Waals surface area contributed by atoms with Crippen LogP contribution in [0.1, 0.15) is 39.2 Å². The predicted octanol–water partition coefficient (Wildman–Crippen LogP) is 2.54. The van der Waals surface area contributed by atoms with Gasteiger partial charge in [0.05, 0.1) is 25.2 Å². The highest BCUT2D eigenvalue weighted by molar-refractivity contribution is 5.82. The number of carboxylic acid groups (broad SMARTS) is 1. The molecule has 1 saturated carbocycles. The van der Waals surface area contributed by atoms with Gasteiger partial charge in [0.25, 0.3) is 0 Å². The number of carbonyl (C=O) groups excluding carboxylic acids is 2. The third-order valence-corrected chi connectivity index (χ3v) is 6.25. The van der Waals surface area contributed by atoms with Gasteiger partial charge in [0.1, 0.15) is 23.2 Å². The molecule has 2 bridgehead atoms. The number of alkyl carbamates (subject to hydrolysis) is 1. The zero-order valence-corrected chi connectivity index (χ0v) is 18.0. The first-order valence-corrected chi connectivity index (χ1v) is 10.3. The molecule has 1 aromatic carbocycles. The molecule has 0 atom stereocenters. The van der Waals surface area contributed by atoms with Crippen molar-refractivity contribution in [2.75, 3.05) is 19.6 Å². The molecular weight excluding hydrogens is 404 g/mol. The molecule has 31 heavy (non-hydrogen) atoms. The largest absolute Gasteiger partial charge is 0.481 e. The molecule has 4 aliphatic rings. The predicted molar refractivity (Wildman–Crippen MR) is 108 cm³/mol. The molecule has 3 aliphatic heterocycles. The highest BCUT2D eigenvalue weighted by Crippen LogP contribution is 2.68. The Balaban J connectivity index is 1.33. The Hall–Kier alpha value is -2.81. The smallest absolute Gasteiger partial charge is 0.410 e. The lowest BCUT2D eigenvalue weighted by atomic mass is 9.54. The third-order valence-electron chi connectivity index (χ3n) is 6.25. The monoisotopic (exact) mass is 432 g/mol. The second kappa shape index (κ2) is 7.12. The number of aliphatic carboxylic acids is 1. The van der Waals surface area contributed by atoms with Crippen LogP contribution in [0.3, 0.4) is 0 Å². The normalized spacial score (nSPS) is 27.8. The molecule has 0 radical (unpaired) electrons. The van der Waals surface area contributed by atoms with Gasteiger partial charge in [0, 0.05) is 0 Å². The van der Waals surface area contributed by atoms with E-state index in [-0.39, 0.29) is 39.1 Å². The van der Waals surface area contributed by atoms with E-state index in [0.717, 1.165) is 5.56 Å². The van der Waals surface area contributed by atoms with Crippen molar-refractivity contribution in [3.05, 3.63) is 35.9 Å². The zero-order chi connectivity index (χ0) is 22.5. The Morgan fingerprint density at radius 3 is 2.39 bits per heavy atom. The van der Waals surface area contributed by atoms with Crippen molar-refractivity contribution in [2.45, 2.75) is 57.0 Å². The third kappa shape index (κ3) is 3.71. The minimum Gasteiger partial charge on any atom is -0.481 e. The average Bonchev–Trinajstić information content (AvgIpc) is 3.10. The molecule has 168 valence electrons. The number of hydrogen-bond acceptors (Lipinski definition) is 6. The van der Waals surface area contributed by atoms with Gasteiger partial charge in [-0.1, -0.05) is 30.3 Å². The quantitative estimate of drug-likeness (QED) is 0.735. The van der Waals surface area contributed by atoms with Crippen molar-refractivity contribution < 1.29 is 33.7 Å². The Labute approximate surface area is 180 Å². The van der Waals surface area contributed by atoms with Crippen LogP contribution >= 0.6 is 0 Å². The van der Waals surface area contributed by atoms with Gasteiger partial charge < -0.3 is 29.5 Å². The van der Waals surface area contributed by atoms with Crippen molar-refractivity contribution in [3.8, 4) is 0 Å². The number of hydrogen-bond donors (Lipinski definition) is 2. The SMILES string of the molecule is CC(C)(C)OC(=O)N1CC2(C1)OC1(CNC(=O)OCc3ccccc3)CC2(C(=O)O)C1. The number of nitrogens with zero attached hydrogens (tertiary/aromatic N) is 1. The molecule has 3 heterocycles. The fourth-order valence-corrected chi connectivity index (χ4v) is 4.86. The summed E-state index contributed by atoms with van der Waals surface area (Å²) >= 11 is 0. The minimum atomic E-state index is -1.05. The summed E-state index contributed by atoms with van der Waals surface area (Å²) in [6.45, 7) is 5.96. The Bertz CT molecular complexity index is 881. The van der Waals surface area contributed by atoms with Gasteiger partial charge in [-0.25, -0.2) is 9.59 Å². The van der Waals surface area contributed by atoms with Gasteiger partial charge in [-0.2, -0.15) is 0 Å². The van der Waals surface area contributed by atoms with Gasteiger partial charge in [-0.3, -0.25) is 4.79 Å². The summed E-state index contributed by atoms with van der Waals surface area (Å²) in [7, 11) is 0. The molecule has 3 saturated heterocycles. The van der Waals surface area contributed by atoms with Crippen LogP contribution in [0, 0.1) is 5.41 Å². The Morgan fingerprint density at radius 1 is 1.16 bits per heavy atom. The summed E-state index contributed by atoms with van der Waals surface area (Å²) in [6, 6.07) is 9.32. The molecule has 1 spiro atoms. The van der Waals surface area contributed by atoms with Gasteiger partial charge in [0.2, 0.25) is 0 Å². The van der Waals surface area contributed by atoms with Crippen LogP contribution in [-0.2, 0) is 25.6 Å². The van der Waals surface area contributed by atoms with Crippen LogP contribution in [-0.4, -0.2) is 64.6 Å². The van der Waals surface area contributed by atoms with Crippen LogP contribution in [0.25, 0.3) is 0 Å². The van der Waals surface area contributed by atoms with Gasteiger partial charge in [-0.05, 0) is 39.2 Å². The molecule has 1 aliphatic carbocycles. The van der Waals surface area contributed by atoms with Crippen molar-refractivity contribution >= 4 is 18.2 Å². The number of rotatable bonds is 5. The van der Waals surface area contributed by atoms with Crippen LogP contribution in [0.5, 0.6) is 0 Å². The van der Waals surface area contributed by atoms with E-state index >= 15 is 0 Å². The lowest BCUT2D eigenvalue weighted by molar-refractivity contribution is -0.172. The lowest BCUT2D eigenvalue weighted by Crippen LogP contribution is -2.71. The van der Waals surface area contributed by atoms with E-state index in [1.807, 2.05) is 30.3 Å². The number of likely N-dealkylation sites (tertiary alicyclic amines) is 1. The fourth-order valence-electron chi connectivity index (χ4n) is 4.86. The topological polar surface area (TPSA) is 114 Å². The average molecular weight is 432 g/mol. The summed E-state index contributed by atoms with van der Waals surface area (Å²) in [6.07, 6.45) is -0.491. The first kappa shape index (κ1) is 21.4. The summed E-state index contributed by atoms with van der Waals surface area (Å²) in [4.78, 5) is 37.9. The van der Waals surface area contributed by atoms with Gasteiger partial charge >= 0.3 is 18.2 Å². The molecule has 2 N–H and O–H groups in total. The number of carboxylic acids is 1. The molecule has 9 nitrogen and oxygen atoms in total. The maximum absolute atomic E-state index is 12.3. The van der Waals surface area contributed by atoms with Crippen molar-refractivity contribution in [1.29, 1.82) is 0 Å². The first-order valence-electron chi connectivity index (χ1n) is 10.3. The zero-order valence-electron chi connectivity index (χ0n) is 18.0. The molecule has 4 fully saturated rings. The number of nitrogens with one attached hydrogen (secondary N) is 1. The second-order valence-corrected chi connectivity index (χ2v) is 9.77. The molecule has 2 amide bonds. The fraction of sp³-hybridized carbons (Fsp3) is 0.591. The van der Waals surface area contributed by atoms with Crippen molar-refractivity contribution in [1.82, 2.24) is 10.2 Å². The number of carbonyl (C=O) groups is 3. The lowest BCUT2D eigenvalue weighted by Gasteiger charge is -2.52. The maximum Gasteiger partial charge on any atom is 0.410 e. The van der Waals surface area contributed by atoms with Gasteiger partial charge in [0.15, 0.2) is 0 Å². The number of ether oxygens (including phenoxy) is 3. The van der Waals surface area contributed by atoms with Crippen LogP contribution in [0.4, 0.5) is 9.59 Å². The summed E-state index contributed by atoms with van der Waals surface area (Å²) in [5.74, 6) is -0.934. The van der Waals surface area contributed by atoms with Crippen LogP contribution in [0.15, 0.2) is 30.3 Å². The Kier molecular flexibility index (Phi) is 4.92. The van der Waals surface area contributed by atoms with E-state index in [2.05, 4.69) is 5.32 Å². The number of amides is 2. The molecule has 5 rings (SSSR count). The van der Waals surface area contributed by atoms with Crippen LogP contribution in [0.2, 0.25) is 0 Å². The van der Waals surface area contributed by atoms with E-state index in [1.54, 1.807) is 20.8 Å². The molecule has 1 aromatic rings. The van der Waals surface area contributed by atoms with Crippen molar-refractivity contribution in [2.24, 2.45) is 5.41 Å². The van der Waals surface area contributed by atoms with Crippen LogP contribution < -0.4 is 5.32 Å². The summed E-state index contributed by atoms with van der Waals surface area (Å²) < 4.78 is 16.8. The van der Waals surface area contributed by atoms with Crippen molar-refractivity contribution in [3.63, 3.8) is 0 Å². The van der Waals surface area contributed by atoms with E-state index in [0.29, 0.717) is 0 Å². The second-order valence-electron chi connectivity index (χ2n) is 9.77. The molecule has 0 aromatic heterocycles. The van der Waals surface area contributed by atoms with E-state index in [9.17, 15) is 19.5 Å². The maximum atomic E-state index is 12.3. The minimum absolute atomic E-state index is 0.147. The summed E-state index contributed by atoms with van der Waals surface area (Å²) in [5.41, 5.74) is -2.53. The highest BCUT2D eigenvalue weighted by atomic mass is 16.6. The molecule has 9 heteroatoms. The van der Waals surface area contributed by atoms with Gasteiger partial charge in [-0.15, -0.1) is 0 Å². The Morgan fingerprint density at radius 2 is 1.81 bits per heavy atom. The number of benzene rings is 1. The first-order chi connectivity index (χ1) is 14.5. The van der Waals surface area contributed by atoms with E-state index in [4.69, 9.17) is 14.2 Å². The standard InChI is InChI=1S/C22H28N2O7/c1-19(2,3)30-18(28)24-13-22(14-24)21(16(25)26)10-20(11-21,31-22)12-23-17(27)29-9-15-7-5-4-6-8-15/h4-8H,9-14H2,1-3H3,(H,23,27)(H,25,26). The van der Waals surface area contributed by atoms with E-state index in [1.165, 1.54) is 4.90 Å². The molecule has 0 unspecified atom stereocenters. The summed E-state index contributed by atoms with van der Waals surface area (Å²) in [5, 5.41) is 12.6. The highest BCUT2D eigenvalue weighted by Gasteiger charge is 2.81.